The highest BCUT2D eigenvalue weighted by Crippen LogP contribution is 2.49. The van der Waals surface area contributed by atoms with Crippen LogP contribution in [-0.4, -0.2) is 95.2 Å². The Bertz CT molecular complexity index is 998. The molecule has 1 aliphatic carbocycles. The molecule has 2 atom stereocenters. The van der Waals surface area contributed by atoms with Gasteiger partial charge in [-0.1, -0.05) is 60.7 Å². The molecule has 192 valence electrons. The second-order valence-corrected chi connectivity index (χ2v) is 11.6. The maximum atomic E-state index is 13.4. The Morgan fingerprint density at radius 3 is 1.83 bits per heavy atom. The zero-order valence-corrected chi connectivity index (χ0v) is 22.0. The van der Waals surface area contributed by atoms with Crippen LogP contribution in [0.4, 0.5) is 0 Å². The topological polar surface area (TPSA) is 47.1 Å². The number of hydrogen-bond acceptors (Lipinski definition) is 5. The second-order valence-electron chi connectivity index (χ2n) is 11.6. The summed E-state index contributed by atoms with van der Waals surface area (Å²) in [5, 5.41) is 0. The third-order valence-corrected chi connectivity index (χ3v) is 8.52. The SMILES string of the molecule is CC(C)(C)N1CCN(C(=O)C2CC2(C=O)N2CCN(C(c3ccccc3)c3ccccc3)CC2)CC1. The van der Waals surface area contributed by atoms with Crippen LogP contribution >= 0.6 is 0 Å². The minimum Gasteiger partial charge on any atom is -0.340 e. The predicted octanol–water partition coefficient (Wildman–Crippen LogP) is 3.29. The van der Waals surface area contributed by atoms with E-state index in [2.05, 4.69) is 96.1 Å². The van der Waals surface area contributed by atoms with Crippen LogP contribution in [0.25, 0.3) is 0 Å². The van der Waals surface area contributed by atoms with E-state index in [1.807, 2.05) is 4.90 Å². The van der Waals surface area contributed by atoms with Crippen molar-refractivity contribution in [3.8, 4) is 0 Å². The summed E-state index contributed by atoms with van der Waals surface area (Å²) in [7, 11) is 0. The summed E-state index contributed by atoms with van der Waals surface area (Å²) >= 11 is 0. The molecule has 6 nitrogen and oxygen atoms in total. The third kappa shape index (κ3) is 4.86. The summed E-state index contributed by atoms with van der Waals surface area (Å²) in [5.74, 6) is -0.0219. The van der Waals surface area contributed by atoms with E-state index in [9.17, 15) is 9.59 Å². The monoisotopic (exact) mass is 488 g/mol. The Morgan fingerprint density at radius 2 is 1.36 bits per heavy atom. The van der Waals surface area contributed by atoms with E-state index >= 15 is 0 Å². The molecule has 3 aliphatic rings. The lowest BCUT2D eigenvalue weighted by molar-refractivity contribution is -0.137. The number of piperazine rings is 2. The highest BCUT2D eigenvalue weighted by Gasteiger charge is 2.63. The molecule has 2 saturated heterocycles. The van der Waals surface area contributed by atoms with Crippen LogP contribution in [0.5, 0.6) is 0 Å². The molecular weight excluding hydrogens is 448 g/mol. The summed E-state index contributed by atoms with van der Waals surface area (Å²) in [5.41, 5.74) is 2.09. The van der Waals surface area contributed by atoms with Crippen LogP contribution in [0.1, 0.15) is 44.4 Å². The van der Waals surface area contributed by atoms with Crippen LogP contribution < -0.4 is 0 Å². The van der Waals surface area contributed by atoms with Gasteiger partial charge in [-0.2, -0.15) is 0 Å². The molecular formula is C30H40N4O2. The van der Waals surface area contributed by atoms with Crippen molar-refractivity contribution >= 4 is 12.2 Å². The number of aldehydes is 1. The van der Waals surface area contributed by atoms with Gasteiger partial charge in [-0.15, -0.1) is 0 Å². The standard InChI is InChI=1S/C30H40N4O2/c1-29(2,3)33-18-16-32(17-19-33)28(36)26-22-30(26,23-35)34-20-14-31(15-21-34)27(24-10-6-4-7-11-24)25-12-8-5-9-13-25/h4-13,23,26-27H,14-22H2,1-3H3. The summed E-state index contributed by atoms with van der Waals surface area (Å²) in [4.78, 5) is 35.0. The Kier molecular flexibility index (Phi) is 7.03. The van der Waals surface area contributed by atoms with Crippen molar-refractivity contribution in [3.05, 3.63) is 71.8 Å². The zero-order valence-electron chi connectivity index (χ0n) is 22.0. The first-order valence-electron chi connectivity index (χ1n) is 13.4. The average Bonchev–Trinajstić information content (AvgIpc) is 3.66. The van der Waals surface area contributed by atoms with Crippen LogP contribution in [0, 0.1) is 5.92 Å². The minimum atomic E-state index is -0.612. The molecule has 1 amide bonds. The Hall–Kier alpha value is -2.54. The van der Waals surface area contributed by atoms with Gasteiger partial charge in [0.05, 0.1) is 17.5 Å². The highest BCUT2D eigenvalue weighted by molar-refractivity contribution is 5.91. The Balaban J connectivity index is 1.23. The van der Waals surface area contributed by atoms with Gasteiger partial charge in [-0.25, -0.2) is 0 Å². The van der Waals surface area contributed by atoms with E-state index in [-0.39, 0.29) is 23.4 Å². The maximum Gasteiger partial charge on any atom is 0.228 e. The van der Waals surface area contributed by atoms with Crippen LogP contribution in [-0.2, 0) is 9.59 Å². The second kappa shape index (κ2) is 10.1. The summed E-state index contributed by atoms with van der Waals surface area (Å²) in [6.45, 7) is 13.3. The number of hydrogen-bond donors (Lipinski definition) is 0. The van der Waals surface area contributed by atoms with Gasteiger partial charge in [0.15, 0.2) is 0 Å². The highest BCUT2D eigenvalue weighted by atomic mass is 16.2. The molecule has 5 rings (SSSR count). The van der Waals surface area contributed by atoms with Gasteiger partial charge in [-0.05, 0) is 38.3 Å². The maximum absolute atomic E-state index is 13.4. The fraction of sp³-hybridized carbons (Fsp3) is 0.533. The third-order valence-electron chi connectivity index (χ3n) is 8.52. The lowest BCUT2D eigenvalue weighted by atomic mass is 9.96. The molecule has 36 heavy (non-hydrogen) atoms. The van der Waals surface area contributed by atoms with E-state index in [4.69, 9.17) is 0 Å². The number of amides is 1. The van der Waals surface area contributed by atoms with Crippen molar-refractivity contribution < 1.29 is 9.59 Å². The molecule has 0 spiro atoms. The van der Waals surface area contributed by atoms with Gasteiger partial charge >= 0.3 is 0 Å². The molecule has 6 heteroatoms. The molecule has 1 saturated carbocycles. The zero-order chi connectivity index (χ0) is 25.3. The first-order valence-corrected chi connectivity index (χ1v) is 13.4. The lowest BCUT2D eigenvalue weighted by Gasteiger charge is -2.43. The molecule has 2 aliphatic heterocycles. The molecule has 2 aromatic rings. The van der Waals surface area contributed by atoms with E-state index in [0.717, 1.165) is 58.6 Å². The van der Waals surface area contributed by atoms with Crippen LogP contribution in [0.2, 0.25) is 0 Å². The van der Waals surface area contributed by atoms with Gasteiger partial charge in [0.2, 0.25) is 5.91 Å². The van der Waals surface area contributed by atoms with Gasteiger partial charge in [0, 0.05) is 57.9 Å². The molecule has 0 radical (unpaired) electrons. The summed E-state index contributed by atoms with van der Waals surface area (Å²) in [6.07, 6.45) is 1.73. The molecule has 0 bridgehead atoms. The molecule has 0 aromatic heterocycles. The van der Waals surface area contributed by atoms with Crippen molar-refractivity contribution in [2.75, 3.05) is 52.4 Å². The molecule has 2 aromatic carbocycles. The van der Waals surface area contributed by atoms with Gasteiger partial charge in [0.25, 0.3) is 0 Å². The number of nitrogens with zero attached hydrogens (tertiary/aromatic N) is 4. The van der Waals surface area contributed by atoms with E-state index < -0.39 is 5.54 Å². The average molecular weight is 489 g/mol. The molecule has 2 unspecified atom stereocenters. The van der Waals surface area contributed by atoms with Crippen LogP contribution in [0.15, 0.2) is 60.7 Å². The van der Waals surface area contributed by atoms with Crippen molar-refractivity contribution in [2.24, 2.45) is 5.92 Å². The molecule has 2 heterocycles. The smallest absolute Gasteiger partial charge is 0.228 e. The predicted molar refractivity (Wildman–Crippen MR) is 143 cm³/mol. The fourth-order valence-electron chi connectivity index (χ4n) is 6.22. The van der Waals surface area contributed by atoms with Gasteiger partial charge in [-0.3, -0.25) is 19.5 Å². The number of carbonyl (C=O) groups excluding carboxylic acids is 2. The first kappa shape index (κ1) is 25.1. The summed E-state index contributed by atoms with van der Waals surface area (Å²) < 4.78 is 0. The van der Waals surface area contributed by atoms with Crippen molar-refractivity contribution in [1.29, 1.82) is 0 Å². The number of carbonyl (C=O) groups is 2. The quantitative estimate of drug-likeness (QED) is 0.584. The molecule has 3 fully saturated rings. The van der Waals surface area contributed by atoms with Crippen molar-refractivity contribution in [3.63, 3.8) is 0 Å². The number of rotatable bonds is 6. The Labute approximate surface area is 215 Å². The van der Waals surface area contributed by atoms with E-state index in [0.29, 0.717) is 6.42 Å². The van der Waals surface area contributed by atoms with Gasteiger partial charge < -0.3 is 9.69 Å². The summed E-state index contributed by atoms with van der Waals surface area (Å²) in [6, 6.07) is 21.5. The minimum absolute atomic E-state index is 0.123. The van der Waals surface area contributed by atoms with Crippen molar-refractivity contribution in [1.82, 2.24) is 19.6 Å². The fourth-order valence-corrected chi connectivity index (χ4v) is 6.22. The molecule has 0 N–H and O–H groups in total. The Morgan fingerprint density at radius 1 is 0.833 bits per heavy atom. The first-order chi connectivity index (χ1) is 17.3. The lowest BCUT2D eigenvalue weighted by Crippen LogP contribution is -2.57. The van der Waals surface area contributed by atoms with Gasteiger partial charge in [0.1, 0.15) is 6.29 Å². The number of benzene rings is 2. The van der Waals surface area contributed by atoms with E-state index in [1.54, 1.807) is 0 Å². The van der Waals surface area contributed by atoms with E-state index in [1.165, 1.54) is 11.1 Å². The largest absolute Gasteiger partial charge is 0.340 e. The van der Waals surface area contributed by atoms with Crippen molar-refractivity contribution in [2.45, 2.75) is 44.3 Å². The van der Waals surface area contributed by atoms with Crippen LogP contribution in [0.3, 0.4) is 0 Å². The normalized spacial score (nSPS) is 26.2.